The molecule has 0 saturated carbocycles. The molecule has 0 bridgehead atoms. The van der Waals surface area contributed by atoms with Crippen molar-refractivity contribution in [2.45, 2.75) is 41.5 Å². The molecule has 0 fully saturated rings. The molecule has 3 aromatic carbocycles. The quantitative estimate of drug-likeness (QED) is 0.197. The Balaban J connectivity index is 0.000000225. The molecule has 30 heavy (non-hydrogen) atoms. The van der Waals surface area contributed by atoms with Crippen LogP contribution >= 0.6 is 116 Å². The summed E-state index contributed by atoms with van der Waals surface area (Å²) in [6, 6.07) is 12.8. The van der Waals surface area contributed by atoms with Crippen LogP contribution in [0.15, 0.2) is 49.8 Å². The van der Waals surface area contributed by atoms with E-state index in [4.69, 9.17) is 0 Å². The second-order valence-corrected chi connectivity index (χ2v) is 13.0. The molecule has 0 N–H and O–H groups in total. The summed E-state index contributed by atoms with van der Waals surface area (Å²) in [6.07, 6.45) is 0. The lowest BCUT2D eigenvalue weighted by atomic mass is 10.2. The lowest BCUT2D eigenvalue weighted by Crippen LogP contribution is -1.84. The van der Waals surface area contributed by atoms with Crippen LogP contribution in [-0.4, -0.2) is 0 Å². The molecule has 3 aromatic rings. The number of hydrogen-bond acceptors (Lipinski definition) is 0. The number of benzene rings is 3. The standard InChI is InChI=1S/3C8H8BrI/c3*1-5-3-7(9)4-6(2)8(5)10/h3*3-4H,1-2H3. The predicted octanol–water partition coefficient (Wildman–Crippen LogP) is 11.0. The van der Waals surface area contributed by atoms with Crippen LogP contribution in [-0.2, 0) is 0 Å². The third-order valence-electron chi connectivity index (χ3n) is 4.20. The Morgan fingerprint density at radius 3 is 0.667 bits per heavy atom. The molecular formula is C24H24Br3I3. The second-order valence-electron chi connectivity index (χ2n) is 7.06. The lowest BCUT2D eigenvalue weighted by Gasteiger charge is -2.02. The van der Waals surface area contributed by atoms with Crippen molar-refractivity contribution in [3.05, 3.63) is 93.9 Å². The Morgan fingerprint density at radius 2 is 0.533 bits per heavy atom. The molecule has 0 amide bonds. The third-order valence-corrected chi connectivity index (χ3v) is 10.7. The molecule has 0 aliphatic heterocycles. The highest BCUT2D eigenvalue weighted by molar-refractivity contribution is 14.1. The minimum atomic E-state index is 1.17. The zero-order valence-corrected chi connectivity index (χ0v) is 29.0. The summed E-state index contributed by atoms with van der Waals surface area (Å²) in [6.45, 7) is 12.7. The minimum absolute atomic E-state index is 1.17. The smallest absolute Gasteiger partial charge is 0.0189 e. The molecule has 0 nitrogen and oxygen atoms in total. The molecule has 162 valence electrons. The summed E-state index contributed by atoms with van der Waals surface area (Å²) in [5.74, 6) is 0. The van der Waals surface area contributed by atoms with Crippen LogP contribution in [0.5, 0.6) is 0 Å². The molecule has 0 atom stereocenters. The van der Waals surface area contributed by atoms with Crippen molar-refractivity contribution in [2.75, 3.05) is 0 Å². The topological polar surface area (TPSA) is 0 Å². The first-order valence-corrected chi connectivity index (χ1v) is 14.7. The van der Waals surface area contributed by atoms with Crippen LogP contribution in [0, 0.1) is 52.3 Å². The Bertz CT molecular complexity index is 829. The van der Waals surface area contributed by atoms with Crippen molar-refractivity contribution in [3.8, 4) is 0 Å². The van der Waals surface area contributed by atoms with Crippen LogP contribution < -0.4 is 0 Å². The van der Waals surface area contributed by atoms with Gasteiger partial charge < -0.3 is 0 Å². The van der Waals surface area contributed by atoms with E-state index in [0.717, 1.165) is 0 Å². The van der Waals surface area contributed by atoms with Gasteiger partial charge in [0, 0.05) is 24.1 Å². The van der Waals surface area contributed by atoms with E-state index in [1.807, 2.05) is 0 Å². The van der Waals surface area contributed by atoms with E-state index in [2.05, 4.69) is 194 Å². The molecule has 0 unspecified atom stereocenters. The van der Waals surface area contributed by atoms with Gasteiger partial charge >= 0.3 is 0 Å². The summed E-state index contributed by atoms with van der Waals surface area (Å²) in [5, 5.41) is 0. The van der Waals surface area contributed by atoms with E-state index in [1.54, 1.807) is 0 Å². The summed E-state index contributed by atoms with van der Waals surface area (Å²) >= 11 is 17.4. The lowest BCUT2D eigenvalue weighted by molar-refractivity contribution is 1.32. The van der Waals surface area contributed by atoms with Crippen molar-refractivity contribution >= 4 is 116 Å². The van der Waals surface area contributed by atoms with Gasteiger partial charge in [0.15, 0.2) is 0 Å². The summed E-state index contributed by atoms with van der Waals surface area (Å²) < 4.78 is 7.59. The fraction of sp³-hybridized carbons (Fsp3) is 0.250. The molecule has 0 saturated heterocycles. The summed E-state index contributed by atoms with van der Waals surface area (Å²) in [4.78, 5) is 0. The molecule has 6 heteroatoms. The third kappa shape index (κ3) is 9.65. The van der Waals surface area contributed by atoms with Gasteiger partial charge in [-0.3, -0.25) is 0 Å². The minimum Gasteiger partial charge on any atom is -0.0508 e. The van der Waals surface area contributed by atoms with Crippen molar-refractivity contribution in [1.29, 1.82) is 0 Å². The average Bonchev–Trinajstić information content (AvgIpc) is 2.63. The van der Waals surface area contributed by atoms with Crippen molar-refractivity contribution in [1.82, 2.24) is 0 Å². The fourth-order valence-corrected chi connectivity index (χ4v) is 5.67. The summed E-state index contributed by atoms with van der Waals surface area (Å²) in [5.41, 5.74) is 8.04. The first-order valence-electron chi connectivity index (χ1n) is 9.10. The molecule has 0 aliphatic rings. The Morgan fingerprint density at radius 1 is 0.400 bits per heavy atom. The van der Waals surface area contributed by atoms with Gasteiger partial charge in [-0.25, -0.2) is 0 Å². The van der Waals surface area contributed by atoms with Crippen LogP contribution in [0.2, 0.25) is 0 Å². The number of rotatable bonds is 0. The molecule has 0 heterocycles. The second kappa shape index (κ2) is 13.9. The van der Waals surface area contributed by atoms with Crippen LogP contribution in [0.1, 0.15) is 33.4 Å². The highest BCUT2D eigenvalue weighted by Crippen LogP contribution is 2.23. The largest absolute Gasteiger partial charge is 0.0508 e. The number of halogens is 6. The van der Waals surface area contributed by atoms with Crippen LogP contribution in [0.25, 0.3) is 0 Å². The molecular weight excluding hydrogens is 909 g/mol. The highest BCUT2D eigenvalue weighted by Gasteiger charge is 2.00. The highest BCUT2D eigenvalue weighted by atomic mass is 127. The van der Waals surface area contributed by atoms with Gasteiger partial charge in [-0.2, -0.15) is 0 Å². The summed E-state index contributed by atoms with van der Waals surface area (Å²) in [7, 11) is 0. The van der Waals surface area contributed by atoms with Crippen molar-refractivity contribution in [3.63, 3.8) is 0 Å². The van der Waals surface area contributed by atoms with Gasteiger partial charge in [0.1, 0.15) is 0 Å². The Kier molecular flexibility index (Phi) is 13.6. The zero-order chi connectivity index (χ0) is 23.2. The van der Waals surface area contributed by atoms with Crippen LogP contribution in [0.4, 0.5) is 0 Å². The van der Waals surface area contributed by atoms with Gasteiger partial charge in [-0.05, 0) is 179 Å². The molecule has 0 radical (unpaired) electrons. The first-order chi connectivity index (χ1) is 13.8. The van der Waals surface area contributed by atoms with Crippen molar-refractivity contribution in [2.24, 2.45) is 0 Å². The van der Waals surface area contributed by atoms with E-state index in [0.29, 0.717) is 0 Å². The van der Waals surface area contributed by atoms with Gasteiger partial charge in [0.05, 0.1) is 0 Å². The fourth-order valence-electron chi connectivity index (χ4n) is 2.68. The van der Waals surface area contributed by atoms with E-state index in [1.165, 1.54) is 57.5 Å². The Hall–Kier alpha value is 1.29. The molecule has 3 rings (SSSR count). The van der Waals surface area contributed by atoms with Crippen molar-refractivity contribution < 1.29 is 0 Å². The molecule has 0 spiro atoms. The number of aryl methyl sites for hydroxylation is 6. The maximum Gasteiger partial charge on any atom is 0.0189 e. The molecule has 0 aliphatic carbocycles. The Labute approximate surface area is 247 Å². The maximum atomic E-state index is 3.44. The van der Waals surface area contributed by atoms with Gasteiger partial charge in [-0.15, -0.1) is 0 Å². The normalized spacial score (nSPS) is 10.0. The van der Waals surface area contributed by atoms with Gasteiger partial charge in [-0.1, -0.05) is 47.8 Å². The van der Waals surface area contributed by atoms with E-state index in [9.17, 15) is 0 Å². The van der Waals surface area contributed by atoms with E-state index in [-0.39, 0.29) is 0 Å². The molecule has 0 aromatic heterocycles. The predicted molar refractivity (Wildman–Crippen MR) is 169 cm³/mol. The SMILES string of the molecule is Cc1cc(Br)cc(C)c1I.Cc1cc(Br)cc(C)c1I.Cc1cc(Br)cc(C)c1I. The van der Waals surface area contributed by atoms with Gasteiger partial charge in [0.2, 0.25) is 0 Å². The number of hydrogen-bond donors (Lipinski definition) is 0. The van der Waals surface area contributed by atoms with Gasteiger partial charge in [0.25, 0.3) is 0 Å². The van der Waals surface area contributed by atoms with E-state index < -0.39 is 0 Å². The maximum absolute atomic E-state index is 3.44. The van der Waals surface area contributed by atoms with E-state index >= 15 is 0 Å². The monoisotopic (exact) mass is 930 g/mol. The average molecular weight is 933 g/mol. The zero-order valence-electron chi connectivity index (χ0n) is 17.7. The first kappa shape index (κ1) is 29.3. The van der Waals surface area contributed by atoms with Crippen LogP contribution in [0.3, 0.4) is 0 Å².